The van der Waals surface area contributed by atoms with E-state index in [1.807, 2.05) is 6.07 Å². The Kier molecular flexibility index (Phi) is 5.46. The van der Waals surface area contributed by atoms with E-state index >= 15 is 0 Å². The maximum Gasteiger partial charge on any atom is 0.229 e. The lowest BCUT2D eigenvalue weighted by Crippen LogP contribution is -2.03. The maximum absolute atomic E-state index is 15.0. The molecule has 0 spiro atoms. The summed E-state index contributed by atoms with van der Waals surface area (Å²) in [5.41, 5.74) is 2.51. The fraction of sp³-hybridized carbons (Fsp3) is 0. The Morgan fingerprint density at radius 3 is 2.68 bits per heavy atom. The van der Waals surface area contributed by atoms with Crippen LogP contribution < -0.4 is 5.32 Å². The highest BCUT2D eigenvalue weighted by atomic mass is 35.5. The average Bonchev–Trinajstić information content (AvgIpc) is 3.07. The van der Waals surface area contributed by atoms with Gasteiger partial charge >= 0.3 is 0 Å². The van der Waals surface area contributed by atoms with Crippen LogP contribution in [-0.2, 0) is 0 Å². The lowest BCUT2D eigenvalue weighted by molar-refractivity contribution is 0.618. The number of imidazole rings is 1. The van der Waals surface area contributed by atoms with Crippen molar-refractivity contribution in [3.05, 3.63) is 75.4 Å². The van der Waals surface area contributed by atoms with Crippen LogP contribution in [0.25, 0.3) is 22.9 Å². The summed E-state index contributed by atoms with van der Waals surface area (Å²) >= 11 is 11.7. The molecular weight excluding hydrogens is 437 g/mol. The van der Waals surface area contributed by atoms with Gasteiger partial charge in [-0.2, -0.15) is 15.5 Å². The van der Waals surface area contributed by atoms with Crippen LogP contribution in [-0.4, -0.2) is 19.5 Å². The monoisotopic (exact) mass is 447 g/mol. The fourth-order valence-corrected chi connectivity index (χ4v) is 3.54. The molecule has 4 aromatic rings. The highest BCUT2D eigenvalue weighted by Gasteiger charge is 2.17. The van der Waals surface area contributed by atoms with Crippen LogP contribution in [0.3, 0.4) is 0 Å². The molecule has 10 heteroatoms. The number of fused-ring (bicyclic) bond motifs is 1. The van der Waals surface area contributed by atoms with E-state index in [1.165, 1.54) is 35.0 Å². The second-order valence-corrected chi connectivity index (χ2v) is 7.10. The molecule has 0 saturated carbocycles. The van der Waals surface area contributed by atoms with Crippen molar-refractivity contribution in [2.45, 2.75) is 0 Å². The van der Waals surface area contributed by atoms with E-state index in [4.69, 9.17) is 34.3 Å². The van der Waals surface area contributed by atoms with E-state index in [0.29, 0.717) is 28.0 Å². The van der Waals surface area contributed by atoms with Gasteiger partial charge in [0.2, 0.25) is 5.95 Å². The van der Waals surface area contributed by atoms with Gasteiger partial charge in [-0.05, 0) is 60.3 Å². The van der Waals surface area contributed by atoms with E-state index in [-0.39, 0.29) is 21.4 Å². The average molecular weight is 448 g/mol. The van der Waals surface area contributed by atoms with Gasteiger partial charge in [-0.1, -0.05) is 11.6 Å². The zero-order chi connectivity index (χ0) is 22.0. The summed E-state index contributed by atoms with van der Waals surface area (Å²) < 4.78 is 16.6. The van der Waals surface area contributed by atoms with Gasteiger partial charge in [-0.25, -0.2) is 9.37 Å². The molecule has 0 aliphatic heterocycles. The molecule has 150 valence electrons. The molecule has 4 rings (SSSR count). The minimum Gasteiger partial charge on any atom is -0.328 e. The number of aromatic nitrogens is 4. The van der Waals surface area contributed by atoms with Crippen molar-refractivity contribution in [2.24, 2.45) is 0 Å². The molecule has 0 unspecified atom stereocenters. The van der Waals surface area contributed by atoms with Crippen molar-refractivity contribution in [3.8, 4) is 17.8 Å². The Labute approximate surface area is 185 Å². The van der Waals surface area contributed by atoms with Crippen molar-refractivity contribution in [3.63, 3.8) is 0 Å². The number of halogens is 2. The largest absolute Gasteiger partial charge is 0.328 e. The van der Waals surface area contributed by atoms with Gasteiger partial charge in [-0.15, -0.1) is 0 Å². The molecule has 0 atom stereocenters. The van der Waals surface area contributed by atoms with Gasteiger partial charge in [0, 0.05) is 11.8 Å². The summed E-state index contributed by atoms with van der Waals surface area (Å²) in [4.78, 5) is 11.6. The van der Waals surface area contributed by atoms with Crippen LogP contribution in [0.2, 0.25) is 5.02 Å². The Balaban J connectivity index is 1.80. The second kappa shape index (κ2) is 8.36. The normalized spacial score (nSPS) is 10.8. The number of hydrogen-bond acceptors (Lipinski definition) is 6. The van der Waals surface area contributed by atoms with Crippen molar-refractivity contribution in [2.75, 3.05) is 5.32 Å². The summed E-state index contributed by atoms with van der Waals surface area (Å²) in [5.74, 6) is -0.368. The number of nitrogens with zero attached hydrogens (tertiary/aromatic N) is 5. The van der Waals surface area contributed by atoms with Crippen molar-refractivity contribution in [1.29, 1.82) is 10.5 Å². The Hall–Kier alpha value is -4.05. The first-order chi connectivity index (χ1) is 15.0. The first-order valence-electron chi connectivity index (χ1n) is 8.80. The Bertz CT molecular complexity index is 1450. The summed E-state index contributed by atoms with van der Waals surface area (Å²) in [6.45, 7) is 0. The molecule has 0 radical (unpaired) electrons. The van der Waals surface area contributed by atoms with Crippen LogP contribution in [0.4, 0.5) is 16.0 Å². The summed E-state index contributed by atoms with van der Waals surface area (Å²) in [6.07, 6.45) is 4.21. The lowest BCUT2D eigenvalue weighted by Gasteiger charge is -2.10. The maximum atomic E-state index is 15.0. The molecule has 2 N–H and O–H groups in total. The highest BCUT2D eigenvalue weighted by molar-refractivity contribution is 7.71. The zero-order valence-electron chi connectivity index (χ0n) is 15.6. The first-order valence-corrected chi connectivity index (χ1v) is 9.59. The first kappa shape index (κ1) is 20.2. The summed E-state index contributed by atoms with van der Waals surface area (Å²) in [5, 5.41) is 20.7. The predicted octanol–water partition coefficient (Wildman–Crippen LogP) is 5.42. The van der Waals surface area contributed by atoms with Crippen LogP contribution in [0.15, 0.2) is 48.7 Å². The lowest BCUT2D eigenvalue weighted by atomic mass is 10.2. The molecule has 2 aromatic heterocycles. The van der Waals surface area contributed by atoms with Crippen molar-refractivity contribution < 1.29 is 4.39 Å². The third kappa shape index (κ3) is 4.01. The van der Waals surface area contributed by atoms with E-state index in [2.05, 4.69) is 26.3 Å². The number of allylic oxidation sites excluding steroid dienone is 1. The molecular formula is C21H11ClFN7S. The Morgan fingerprint density at radius 2 is 2.00 bits per heavy atom. The number of nitrogens with one attached hydrogen (secondary N) is 2. The number of benzene rings is 2. The van der Waals surface area contributed by atoms with Gasteiger partial charge < -0.3 is 10.3 Å². The van der Waals surface area contributed by atoms with Crippen LogP contribution in [0.1, 0.15) is 11.1 Å². The molecule has 31 heavy (non-hydrogen) atoms. The Morgan fingerprint density at radius 1 is 1.23 bits per heavy atom. The quantitative estimate of drug-likeness (QED) is 0.319. The number of rotatable bonds is 4. The topological polar surface area (TPSA) is 106 Å². The number of nitriles is 2. The second-order valence-electron chi connectivity index (χ2n) is 6.31. The molecule has 0 saturated heterocycles. The molecule has 0 bridgehead atoms. The van der Waals surface area contributed by atoms with Crippen molar-refractivity contribution in [1.82, 2.24) is 19.5 Å². The number of anilines is 2. The minimum absolute atomic E-state index is 0.0371. The summed E-state index contributed by atoms with van der Waals surface area (Å²) in [7, 11) is 0. The molecule has 0 amide bonds. The molecule has 0 aliphatic carbocycles. The van der Waals surface area contributed by atoms with E-state index < -0.39 is 5.82 Å². The van der Waals surface area contributed by atoms with Gasteiger partial charge in [0.1, 0.15) is 17.0 Å². The third-order valence-electron chi connectivity index (χ3n) is 4.31. The van der Waals surface area contributed by atoms with E-state index in [0.717, 1.165) is 0 Å². The SMILES string of the molecule is N#C/C=C/c1cc(F)c(-n2c(=S)[nH]c3cnc(Nc4ccc(C#N)cc4)nc32)c(Cl)c1. The smallest absolute Gasteiger partial charge is 0.229 e. The van der Waals surface area contributed by atoms with Gasteiger partial charge in [0.25, 0.3) is 0 Å². The molecule has 0 aliphatic rings. The number of H-pyrrole nitrogens is 1. The zero-order valence-corrected chi connectivity index (χ0v) is 17.2. The fourth-order valence-electron chi connectivity index (χ4n) is 2.95. The predicted molar refractivity (Wildman–Crippen MR) is 118 cm³/mol. The molecule has 0 fully saturated rings. The molecule has 2 aromatic carbocycles. The van der Waals surface area contributed by atoms with Crippen LogP contribution in [0.5, 0.6) is 0 Å². The number of aromatic amines is 1. The van der Waals surface area contributed by atoms with Crippen LogP contribution >= 0.6 is 23.8 Å². The highest BCUT2D eigenvalue weighted by Crippen LogP contribution is 2.29. The van der Waals surface area contributed by atoms with Gasteiger partial charge in [0.15, 0.2) is 10.4 Å². The van der Waals surface area contributed by atoms with Gasteiger partial charge in [-0.3, -0.25) is 4.57 Å². The van der Waals surface area contributed by atoms with Gasteiger partial charge in [0.05, 0.1) is 28.9 Å². The summed E-state index contributed by atoms with van der Waals surface area (Å²) in [6, 6.07) is 13.5. The van der Waals surface area contributed by atoms with E-state index in [9.17, 15) is 4.39 Å². The third-order valence-corrected chi connectivity index (χ3v) is 4.88. The molecule has 2 heterocycles. The van der Waals surface area contributed by atoms with Crippen molar-refractivity contribution >= 4 is 52.7 Å². The minimum atomic E-state index is -0.623. The standard InChI is InChI=1S/C21H11ClFN7S/c22-15-8-13(2-1-7-24)9-16(23)18(15)30-19-17(28-21(30)31)11-26-20(29-19)27-14-5-3-12(10-25)4-6-14/h1-6,8-9,11H,(H,28,31)(H,26,27,29)/b2-1+. The van der Waals surface area contributed by atoms with E-state index in [1.54, 1.807) is 24.3 Å². The van der Waals surface area contributed by atoms with Crippen LogP contribution in [0, 0.1) is 33.3 Å². The number of hydrogen-bond donors (Lipinski definition) is 2. The molecule has 7 nitrogen and oxygen atoms in total.